The van der Waals surface area contributed by atoms with Crippen molar-refractivity contribution in [2.75, 3.05) is 0 Å². The van der Waals surface area contributed by atoms with Crippen molar-refractivity contribution in [2.45, 2.75) is 18.7 Å². The number of fused-ring (bicyclic) bond motifs is 3. The molecular weight excluding hydrogens is 381 g/mol. The second-order valence-electron chi connectivity index (χ2n) is 6.57. The van der Waals surface area contributed by atoms with E-state index in [1.807, 2.05) is 41.4 Å². The minimum atomic E-state index is -0.370. The molecule has 2 aliphatic rings. The van der Waals surface area contributed by atoms with Gasteiger partial charge in [0.2, 0.25) is 6.23 Å². The molecule has 0 saturated carbocycles. The molecule has 3 aromatic rings. The van der Waals surface area contributed by atoms with Crippen LogP contribution in [0, 0.1) is 0 Å². The second kappa shape index (κ2) is 6.55. The van der Waals surface area contributed by atoms with E-state index in [0.29, 0.717) is 15.8 Å². The highest BCUT2D eigenvalue weighted by Crippen LogP contribution is 2.50. The molecule has 27 heavy (non-hydrogen) atoms. The van der Waals surface area contributed by atoms with Crippen LogP contribution in [0.15, 0.2) is 72.1 Å². The smallest absolute Gasteiger partial charge is 0.214 e. The lowest BCUT2D eigenvalue weighted by atomic mass is 9.96. The molecule has 2 aromatic carbocycles. The van der Waals surface area contributed by atoms with E-state index >= 15 is 0 Å². The molecule has 2 atom stereocenters. The second-order valence-corrected chi connectivity index (χ2v) is 7.41. The number of hydrogen-bond donors (Lipinski definition) is 0. The van der Waals surface area contributed by atoms with E-state index in [2.05, 4.69) is 17.1 Å². The van der Waals surface area contributed by atoms with E-state index in [4.69, 9.17) is 33.0 Å². The normalized spacial score (nSPS) is 20.5. The fourth-order valence-electron chi connectivity index (χ4n) is 3.67. The summed E-state index contributed by atoms with van der Waals surface area (Å²) >= 11 is 12.7. The van der Waals surface area contributed by atoms with Gasteiger partial charge in [-0.2, -0.15) is 5.10 Å². The first-order valence-corrected chi connectivity index (χ1v) is 9.43. The first kappa shape index (κ1) is 16.6. The Morgan fingerprint density at radius 2 is 1.78 bits per heavy atom. The number of pyridine rings is 1. The van der Waals surface area contributed by atoms with Crippen LogP contribution >= 0.6 is 23.2 Å². The number of benzene rings is 2. The Balaban J connectivity index is 1.64. The average Bonchev–Trinajstić information content (AvgIpc) is 3.15. The van der Waals surface area contributed by atoms with Gasteiger partial charge in [-0.15, -0.1) is 0 Å². The summed E-state index contributed by atoms with van der Waals surface area (Å²) in [6, 6.07) is 17.7. The van der Waals surface area contributed by atoms with Crippen LogP contribution in [0.1, 0.15) is 35.4 Å². The first-order chi connectivity index (χ1) is 13.2. The predicted molar refractivity (Wildman–Crippen MR) is 106 cm³/mol. The molecular formula is C21H15Cl2N3O. The average molecular weight is 396 g/mol. The van der Waals surface area contributed by atoms with Crippen LogP contribution in [0.3, 0.4) is 0 Å². The zero-order chi connectivity index (χ0) is 18.4. The summed E-state index contributed by atoms with van der Waals surface area (Å²) in [7, 11) is 0. The first-order valence-electron chi connectivity index (χ1n) is 8.67. The number of halogens is 2. The molecule has 5 rings (SSSR count). The van der Waals surface area contributed by atoms with E-state index in [-0.39, 0.29) is 12.3 Å². The van der Waals surface area contributed by atoms with Crippen molar-refractivity contribution in [1.82, 2.24) is 9.99 Å². The van der Waals surface area contributed by atoms with Gasteiger partial charge in [0.1, 0.15) is 5.75 Å². The quantitative estimate of drug-likeness (QED) is 0.563. The summed E-state index contributed by atoms with van der Waals surface area (Å²) in [5, 5.41) is 8.03. The molecule has 4 nitrogen and oxygen atoms in total. The fourth-order valence-corrected chi connectivity index (χ4v) is 4.22. The van der Waals surface area contributed by atoms with Crippen molar-refractivity contribution in [1.29, 1.82) is 0 Å². The Morgan fingerprint density at radius 3 is 2.56 bits per heavy atom. The number of hydrazone groups is 1. The highest BCUT2D eigenvalue weighted by Gasteiger charge is 2.42. The lowest BCUT2D eigenvalue weighted by Crippen LogP contribution is -2.33. The van der Waals surface area contributed by atoms with Crippen LogP contribution in [0.2, 0.25) is 10.0 Å². The minimum Gasteiger partial charge on any atom is -0.463 e. The maximum absolute atomic E-state index is 6.47. The van der Waals surface area contributed by atoms with E-state index in [9.17, 15) is 0 Å². The third kappa shape index (κ3) is 2.85. The van der Waals surface area contributed by atoms with Crippen LogP contribution < -0.4 is 4.74 Å². The molecule has 0 spiro atoms. The molecule has 2 aliphatic heterocycles. The highest BCUT2D eigenvalue weighted by atomic mass is 35.5. The molecule has 0 radical (unpaired) electrons. The van der Waals surface area contributed by atoms with Gasteiger partial charge in [-0.05, 0) is 29.8 Å². The SMILES string of the molecule is Clc1cc(Cl)c2c(c1)[C@H]1CC(c3ccccc3)=NN1[C@@H](c1ccncc1)O2. The summed E-state index contributed by atoms with van der Waals surface area (Å²) in [6.07, 6.45) is 3.90. The van der Waals surface area contributed by atoms with E-state index in [1.165, 1.54) is 0 Å². The maximum Gasteiger partial charge on any atom is 0.214 e. The third-order valence-corrected chi connectivity index (χ3v) is 5.41. The third-order valence-electron chi connectivity index (χ3n) is 4.91. The maximum atomic E-state index is 6.47. The molecule has 0 fully saturated rings. The van der Waals surface area contributed by atoms with E-state index in [0.717, 1.165) is 28.8 Å². The summed E-state index contributed by atoms with van der Waals surface area (Å²) in [5.74, 6) is 0.675. The Hall–Kier alpha value is -2.56. The Morgan fingerprint density at radius 1 is 1.00 bits per heavy atom. The van der Waals surface area contributed by atoms with Gasteiger partial charge in [-0.1, -0.05) is 53.5 Å². The largest absolute Gasteiger partial charge is 0.463 e. The van der Waals surface area contributed by atoms with Crippen LogP contribution in [0.5, 0.6) is 5.75 Å². The lowest BCUT2D eigenvalue weighted by Gasteiger charge is -2.38. The minimum absolute atomic E-state index is 0.0123. The van der Waals surface area contributed by atoms with Gasteiger partial charge in [-0.3, -0.25) is 4.98 Å². The van der Waals surface area contributed by atoms with Gasteiger partial charge in [0.05, 0.1) is 16.8 Å². The summed E-state index contributed by atoms with van der Waals surface area (Å²) in [4.78, 5) is 4.11. The fraction of sp³-hybridized carbons (Fsp3) is 0.143. The molecule has 0 amide bonds. The van der Waals surface area contributed by atoms with Crippen LogP contribution in [-0.4, -0.2) is 15.7 Å². The summed E-state index contributed by atoms with van der Waals surface area (Å²) < 4.78 is 6.30. The van der Waals surface area contributed by atoms with Gasteiger partial charge < -0.3 is 4.74 Å². The van der Waals surface area contributed by atoms with Gasteiger partial charge in [0.25, 0.3) is 0 Å². The number of hydrogen-bond acceptors (Lipinski definition) is 4. The van der Waals surface area contributed by atoms with Crippen LogP contribution in [-0.2, 0) is 0 Å². The van der Waals surface area contributed by atoms with Crippen molar-refractivity contribution in [3.05, 3.63) is 93.7 Å². The molecule has 0 aliphatic carbocycles. The van der Waals surface area contributed by atoms with Crippen LogP contribution in [0.25, 0.3) is 0 Å². The molecule has 0 unspecified atom stereocenters. The molecule has 3 heterocycles. The number of ether oxygens (including phenoxy) is 1. The predicted octanol–water partition coefficient (Wildman–Crippen LogP) is 5.63. The molecule has 0 N–H and O–H groups in total. The number of aromatic nitrogens is 1. The van der Waals surface area contributed by atoms with Gasteiger partial charge in [-0.25, -0.2) is 5.01 Å². The number of nitrogens with zero attached hydrogens (tertiary/aromatic N) is 3. The Kier molecular flexibility index (Phi) is 4.03. The number of rotatable bonds is 2. The summed E-state index contributed by atoms with van der Waals surface area (Å²) in [5.41, 5.74) is 4.07. The zero-order valence-corrected chi connectivity index (χ0v) is 15.7. The molecule has 1 aromatic heterocycles. The van der Waals surface area contributed by atoms with E-state index in [1.54, 1.807) is 18.5 Å². The lowest BCUT2D eigenvalue weighted by molar-refractivity contribution is -0.0189. The van der Waals surface area contributed by atoms with Gasteiger partial charge >= 0.3 is 0 Å². The van der Waals surface area contributed by atoms with Gasteiger partial charge in [0.15, 0.2) is 0 Å². The molecule has 134 valence electrons. The van der Waals surface area contributed by atoms with E-state index < -0.39 is 0 Å². The zero-order valence-electron chi connectivity index (χ0n) is 14.2. The van der Waals surface area contributed by atoms with Crippen LogP contribution in [0.4, 0.5) is 0 Å². The van der Waals surface area contributed by atoms with Crippen molar-refractivity contribution in [3.8, 4) is 5.75 Å². The summed E-state index contributed by atoms with van der Waals surface area (Å²) in [6.45, 7) is 0. The molecule has 6 heteroatoms. The van der Waals surface area contributed by atoms with Crippen molar-refractivity contribution in [2.24, 2.45) is 5.10 Å². The monoisotopic (exact) mass is 395 g/mol. The van der Waals surface area contributed by atoms with Crippen molar-refractivity contribution in [3.63, 3.8) is 0 Å². The molecule has 0 bridgehead atoms. The highest BCUT2D eigenvalue weighted by molar-refractivity contribution is 6.35. The molecule has 0 saturated heterocycles. The Labute approximate surface area is 167 Å². The van der Waals surface area contributed by atoms with Crippen molar-refractivity contribution >= 4 is 28.9 Å². The van der Waals surface area contributed by atoms with Crippen molar-refractivity contribution < 1.29 is 4.74 Å². The standard InChI is InChI=1S/C21H15Cl2N3O/c22-15-10-16-19-12-18(13-4-2-1-3-5-13)25-26(19)21(14-6-8-24-9-7-14)27-20(16)17(23)11-15/h1-11,19,21H,12H2/t19-,21-/m1/s1. The van der Waals surface area contributed by atoms with Gasteiger partial charge in [0, 0.05) is 35.0 Å². The topological polar surface area (TPSA) is 37.7 Å². The Bertz CT molecular complexity index is 1020.